The Morgan fingerprint density at radius 2 is 1.64 bits per heavy atom. The van der Waals surface area contributed by atoms with Gasteiger partial charge in [0.1, 0.15) is 11.5 Å². The normalized spacial score (nSPS) is 12.1. The Morgan fingerprint density at radius 3 is 2.28 bits per heavy atom. The second kappa shape index (κ2) is 12.8. The number of ketones is 1. The molecule has 1 atom stereocenters. The van der Waals surface area contributed by atoms with Gasteiger partial charge in [0.15, 0.2) is 5.78 Å². The average molecular weight is 349 g/mol. The molecule has 0 aliphatic rings. The molecule has 0 fully saturated rings. The van der Waals surface area contributed by atoms with Gasteiger partial charge in [-0.3, -0.25) is 4.79 Å². The zero-order chi connectivity index (χ0) is 18.5. The summed E-state index contributed by atoms with van der Waals surface area (Å²) in [5.74, 6) is 0.697. The maximum atomic E-state index is 12.2. The second-order valence-corrected chi connectivity index (χ2v) is 7.04. The Bertz CT molecular complexity index is 496. The number of rotatable bonds is 14. The summed E-state index contributed by atoms with van der Waals surface area (Å²) in [6.45, 7) is 6.44. The third-order valence-corrected chi connectivity index (χ3v) is 4.58. The Kier molecular flexibility index (Phi) is 11.0. The zero-order valence-electron chi connectivity index (χ0n) is 16.4. The molecule has 0 saturated heterocycles. The van der Waals surface area contributed by atoms with Crippen molar-refractivity contribution in [3.63, 3.8) is 0 Å². The predicted molar refractivity (Wildman–Crippen MR) is 105 cm³/mol. The molecule has 0 aliphatic carbocycles. The number of phenolic OH excluding ortho intramolecular Hbond substituents is 1. The summed E-state index contributed by atoms with van der Waals surface area (Å²) < 4.78 is 5.86. The van der Waals surface area contributed by atoms with E-state index in [1.165, 1.54) is 38.5 Å². The molecule has 0 spiro atoms. The van der Waals surface area contributed by atoms with Crippen LogP contribution in [0.1, 0.15) is 102 Å². The van der Waals surface area contributed by atoms with Crippen molar-refractivity contribution in [3.8, 4) is 11.5 Å². The number of phenols is 1. The summed E-state index contributed by atoms with van der Waals surface area (Å²) in [5.41, 5.74) is 0.415. The summed E-state index contributed by atoms with van der Waals surface area (Å²) in [5, 5.41) is 10.2. The molecule has 1 unspecified atom stereocenters. The molecular weight excluding hydrogens is 312 g/mol. The lowest BCUT2D eigenvalue weighted by Gasteiger charge is -2.15. The van der Waals surface area contributed by atoms with Crippen molar-refractivity contribution in [2.24, 2.45) is 0 Å². The first-order valence-corrected chi connectivity index (χ1v) is 10.1. The van der Waals surface area contributed by atoms with Gasteiger partial charge in [-0.2, -0.15) is 0 Å². The van der Waals surface area contributed by atoms with E-state index in [0.29, 0.717) is 17.7 Å². The van der Waals surface area contributed by atoms with E-state index in [1.807, 2.05) is 0 Å². The zero-order valence-corrected chi connectivity index (χ0v) is 16.4. The number of hydrogen-bond donors (Lipinski definition) is 1. The Hall–Kier alpha value is -1.51. The van der Waals surface area contributed by atoms with Crippen LogP contribution in [0.2, 0.25) is 0 Å². The van der Waals surface area contributed by atoms with Crippen molar-refractivity contribution in [2.75, 3.05) is 0 Å². The van der Waals surface area contributed by atoms with E-state index in [-0.39, 0.29) is 17.6 Å². The van der Waals surface area contributed by atoms with Crippen LogP contribution in [0.4, 0.5) is 0 Å². The number of benzene rings is 1. The van der Waals surface area contributed by atoms with Crippen molar-refractivity contribution >= 4 is 5.78 Å². The Morgan fingerprint density at radius 1 is 1.00 bits per heavy atom. The SMILES string of the molecule is CCCCCCCC(=O)c1ccc(OC(C)CCCCCC)cc1O. The quantitative estimate of drug-likeness (QED) is 0.301. The summed E-state index contributed by atoms with van der Waals surface area (Å²) in [6.07, 6.45) is 12.1. The number of unbranched alkanes of at least 4 members (excludes halogenated alkanes) is 7. The van der Waals surface area contributed by atoms with E-state index in [9.17, 15) is 9.90 Å². The number of hydrogen-bond acceptors (Lipinski definition) is 3. The van der Waals surface area contributed by atoms with Gasteiger partial charge in [-0.15, -0.1) is 0 Å². The lowest BCUT2D eigenvalue weighted by molar-refractivity contribution is 0.0976. The topological polar surface area (TPSA) is 46.5 Å². The van der Waals surface area contributed by atoms with E-state index >= 15 is 0 Å². The molecular formula is C22H36O3. The van der Waals surface area contributed by atoms with Gasteiger partial charge in [-0.25, -0.2) is 0 Å². The maximum Gasteiger partial charge on any atom is 0.166 e. The van der Waals surface area contributed by atoms with Crippen LogP contribution in [0.3, 0.4) is 0 Å². The molecule has 0 bridgehead atoms. The first-order chi connectivity index (χ1) is 12.1. The van der Waals surface area contributed by atoms with Gasteiger partial charge in [0.25, 0.3) is 0 Å². The molecule has 1 N–H and O–H groups in total. The maximum absolute atomic E-state index is 12.2. The third kappa shape index (κ3) is 8.94. The van der Waals surface area contributed by atoms with E-state index in [2.05, 4.69) is 20.8 Å². The van der Waals surface area contributed by atoms with Gasteiger partial charge in [0, 0.05) is 12.5 Å². The molecule has 0 aromatic heterocycles. The van der Waals surface area contributed by atoms with Crippen molar-refractivity contribution in [3.05, 3.63) is 23.8 Å². The number of carbonyl (C=O) groups excluding carboxylic acids is 1. The number of aromatic hydroxyl groups is 1. The largest absolute Gasteiger partial charge is 0.507 e. The highest BCUT2D eigenvalue weighted by atomic mass is 16.5. The molecule has 1 aromatic rings. The number of Topliss-reactive ketones (excluding diaryl/α,β-unsaturated/α-hetero) is 1. The number of ether oxygens (including phenoxy) is 1. The minimum Gasteiger partial charge on any atom is -0.507 e. The van der Waals surface area contributed by atoms with Crippen LogP contribution in [0.15, 0.2) is 18.2 Å². The van der Waals surface area contributed by atoms with Crippen LogP contribution >= 0.6 is 0 Å². The molecule has 0 radical (unpaired) electrons. The summed E-state index contributed by atoms with van der Waals surface area (Å²) in [7, 11) is 0. The fraction of sp³-hybridized carbons (Fsp3) is 0.682. The van der Waals surface area contributed by atoms with Crippen LogP contribution in [0.5, 0.6) is 11.5 Å². The highest BCUT2D eigenvalue weighted by molar-refractivity contribution is 5.98. The van der Waals surface area contributed by atoms with Gasteiger partial charge in [-0.05, 0) is 38.3 Å². The van der Waals surface area contributed by atoms with E-state index in [0.717, 1.165) is 25.7 Å². The van der Waals surface area contributed by atoms with Gasteiger partial charge < -0.3 is 9.84 Å². The predicted octanol–water partition coefficient (Wildman–Crippen LogP) is 6.67. The van der Waals surface area contributed by atoms with Crippen molar-refractivity contribution in [1.82, 2.24) is 0 Å². The van der Waals surface area contributed by atoms with Crippen LogP contribution in [0.25, 0.3) is 0 Å². The van der Waals surface area contributed by atoms with Crippen LogP contribution in [-0.4, -0.2) is 17.0 Å². The minimum absolute atomic E-state index is 0.0214. The fourth-order valence-electron chi connectivity index (χ4n) is 2.99. The summed E-state index contributed by atoms with van der Waals surface area (Å²) in [4.78, 5) is 12.2. The molecule has 0 aliphatic heterocycles. The molecule has 1 aromatic carbocycles. The van der Waals surface area contributed by atoms with Crippen molar-refractivity contribution < 1.29 is 14.6 Å². The summed E-state index contributed by atoms with van der Waals surface area (Å²) in [6, 6.07) is 5.07. The second-order valence-electron chi connectivity index (χ2n) is 7.04. The molecule has 3 heteroatoms. The average Bonchev–Trinajstić information content (AvgIpc) is 2.58. The monoisotopic (exact) mass is 348 g/mol. The lowest BCUT2D eigenvalue weighted by atomic mass is 10.0. The summed E-state index contributed by atoms with van der Waals surface area (Å²) >= 11 is 0. The molecule has 142 valence electrons. The molecule has 25 heavy (non-hydrogen) atoms. The molecule has 3 nitrogen and oxygen atoms in total. The van der Waals surface area contributed by atoms with E-state index < -0.39 is 0 Å². The van der Waals surface area contributed by atoms with Crippen LogP contribution in [-0.2, 0) is 0 Å². The molecule has 0 saturated carbocycles. The van der Waals surface area contributed by atoms with Gasteiger partial charge in [0.05, 0.1) is 11.7 Å². The number of carbonyl (C=O) groups is 1. The van der Waals surface area contributed by atoms with Crippen molar-refractivity contribution in [1.29, 1.82) is 0 Å². The molecule has 0 amide bonds. The first-order valence-electron chi connectivity index (χ1n) is 10.1. The molecule has 0 heterocycles. The molecule has 1 rings (SSSR count). The van der Waals surface area contributed by atoms with Gasteiger partial charge in [0.2, 0.25) is 0 Å². The van der Waals surface area contributed by atoms with Crippen LogP contribution < -0.4 is 4.74 Å². The third-order valence-electron chi connectivity index (χ3n) is 4.58. The van der Waals surface area contributed by atoms with Gasteiger partial charge >= 0.3 is 0 Å². The van der Waals surface area contributed by atoms with Crippen molar-refractivity contribution in [2.45, 2.75) is 97.5 Å². The Labute approximate surface area is 153 Å². The Balaban J connectivity index is 2.43. The van der Waals surface area contributed by atoms with Crippen LogP contribution in [0, 0.1) is 0 Å². The van der Waals surface area contributed by atoms with Gasteiger partial charge in [-0.1, -0.05) is 58.8 Å². The fourth-order valence-corrected chi connectivity index (χ4v) is 2.99. The minimum atomic E-state index is 0.0214. The highest BCUT2D eigenvalue weighted by Crippen LogP contribution is 2.26. The smallest absolute Gasteiger partial charge is 0.166 e. The first kappa shape index (κ1) is 21.5. The highest BCUT2D eigenvalue weighted by Gasteiger charge is 2.13. The van der Waals surface area contributed by atoms with E-state index in [1.54, 1.807) is 18.2 Å². The lowest BCUT2D eigenvalue weighted by Crippen LogP contribution is -2.11. The van der Waals surface area contributed by atoms with E-state index in [4.69, 9.17) is 4.74 Å². The standard InChI is InChI=1S/C22H36O3/c1-4-6-8-10-12-14-21(23)20-16-15-19(17-22(20)24)25-18(3)13-11-9-7-5-2/h15-18,24H,4-14H2,1-3H3.